The number of nitrogens with two attached hydrogens (primary N) is 1. The Bertz CT molecular complexity index is 778. The van der Waals surface area contributed by atoms with E-state index < -0.39 is 35.0 Å². The van der Waals surface area contributed by atoms with Gasteiger partial charge in [0.1, 0.15) is 0 Å². The second kappa shape index (κ2) is 7.63. The molecule has 0 aliphatic carbocycles. The summed E-state index contributed by atoms with van der Waals surface area (Å²) in [5.74, 6) is -5.51. The zero-order chi connectivity index (χ0) is 17.7. The van der Waals surface area contributed by atoms with Gasteiger partial charge in [0.25, 0.3) is 0 Å². The average Bonchev–Trinajstić information content (AvgIpc) is 2.56. The number of rotatable bonds is 6. The molecule has 0 unspecified atom stereocenters. The average molecular weight is 336 g/mol. The molecule has 24 heavy (non-hydrogen) atoms. The lowest BCUT2D eigenvalue weighted by Crippen LogP contribution is -2.15. The minimum Gasteiger partial charge on any atom is -0.366 e. The molecule has 0 bridgehead atoms. The normalized spacial score (nSPS) is 10.5. The lowest BCUT2D eigenvalue weighted by molar-refractivity contribution is -0.116. The van der Waals surface area contributed by atoms with Gasteiger partial charge in [0.2, 0.25) is 11.8 Å². The molecule has 0 aromatic heterocycles. The van der Waals surface area contributed by atoms with Gasteiger partial charge in [-0.05, 0) is 36.6 Å². The molecule has 0 aliphatic heterocycles. The highest BCUT2D eigenvalue weighted by molar-refractivity contribution is 5.94. The van der Waals surface area contributed by atoms with Gasteiger partial charge in [-0.1, -0.05) is 18.2 Å². The third-order valence-corrected chi connectivity index (χ3v) is 3.44. The van der Waals surface area contributed by atoms with Crippen molar-refractivity contribution in [2.45, 2.75) is 19.3 Å². The van der Waals surface area contributed by atoms with Crippen LogP contribution in [-0.2, 0) is 11.2 Å². The highest BCUT2D eigenvalue weighted by atomic mass is 19.2. The van der Waals surface area contributed by atoms with Crippen molar-refractivity contribution in [3.05, 3.63) is 65.0 Å². The molecule has 0 radical (unpaired) electrons. The fourth-order valence-corrected chi connectivity index (χ4v) is 2.25. The van der Waals surface area contributed by atoms with Crippen molar-refractivity contribution in [1.29, 1.82) is 0 Å². The maximum Gasteiger partial charge on any atom is 0.248 e. The molecule has 0 saturated carbocycles. The molecule has 0 heterocycles. The van der Waals surface area contributed by atoms with Gasteiger partial charge >= 0.3 is 0 Å². The van der Waals surface area contributed by atoms with Crippen LogP contribution in [0.5, 0.6) is 0 Å². The molecule has 7 heteroatoms. The van der Waals surface area contributed by atoms with Crippen molar-refractivity contribution in [2.24, 2.45) is 5.73 Å². The summed E-state index contributed by atoms with van der Waals surface area (Å²) in [5, 5.41) is 2.19. The number of hydrogen-bond donors (Lipinski definition) is 2. The fourth-order valence-electron chi connectivity index (χ4n) is 2.25. The van der Waals surface area contributed by atoms with Crippen LogP contribution in [0.25, 0.3) is 0 Å². The number of hydrogen-bond acceptors (Lipinski definition) is 2. The van der Waals surface area contributed by atoms with Gasteiger partial charge in [0.05, 0.1) is 5.69 Å². The van der Waals surface area contributed by atoms with E-state index in [4.69, 9.17) is 5.73 Å². The second-order valence-electron chi connectivity index (χ2n) is 5.15. The van der Waals surface area contributed by atoms with Crippen LogP contribution >= 0.6 is 0 Å². The zero-order valence-corrected chi connectivity index (χ0v) is 12.6. The Balaban J connectivity index is 1.93. The minimum atomic E-state index is -1.64. The Hall–Kier alpha value is -2.83. The van der Waals surface area contributed by atoms with Crippen LogP contribution in [-0.4, -0.2) is 11.8 Å². The number of primary amides is 1. The van der Waals surface area contributed by atoms with Gasteiger partial charge in [-0.25, -0.2) is 13.2 Å². The maximum atomic E-state index is 13.5. The highest BCUT2D eigenvalue weighted by Crippen LogP contribution is 2.20. The number of carbonyl (C=O) groups is 2. The van der Waals surface area contributed by atoms with Gasteiger partial charge in [0, 0.05) is 12.0 Å². The van der Waals surface area contributed by atoms with Crippen LogP contribution in [0, 0.1) is 17.5 Å². The molecule has 4 nitrogen and oxygen atoms in total. The van der Waals surface area contributed by atoms with Crippen LogP contribution in [0.15, 0.2) is 36.4 Å². The van der Waals surface area contributed by atoms with Crippen LogP contribution in [0.2, 0.25) is 0 Å². The maximum absolute atomic E-state index is 13.5. The van der Waals surface area contributed by atoms with E-state index in [0.29, 0.717) is 24.0 Å². The van der Waals surface area contributed by atoms with Crippen LogP contribution in [0.1, 0.15) is 28.8 Å². The summed E-state index contributed by atoms with van der Waals surface area (Å²) in [7, 11) is 0. The third-order valence-electron chi connectivity index (χ3n) is 3.44. The van der Waals surface area contributed by atoms with Gasteiger partial charge < -0.3 is 11.1 Å². The molecule has 0 fully saturated rings. The van der Waals surface area contributed by atoms with Crippen LogP contribution in [0.3, 0.4) is 0 Å². The molecule has 3 N–H and O–H groups in total. The smallest absolute Gasteiger partial charge is 0.248 e. The quantitative estimate of drug-likeness (QED) is 0.795. The second-order valence-corrected chi connectivity index (χ2v) is 5.15. The molecular weight excluding hydrogens is 321 g/mol. The summed E-state index contributed by atoms with van der Waals surface area (Å²) in [6.07, 6.45) is 0.819. The lowest BCUT2D eigenvalue weighted by atomic mass is 10.0. The summed E-state index contributed by atoms with van der Waals surface area (Å²) in [5.41, 5.74) is 5.93. The van der Waals surface area contributed by atoms with Crippen LogP contribution < -0.4 is 11.1 Å². The zero-order valence-electron chi connectivity index (χ0n) is 12.6. The summed E-state index contributed by atoms with van der Waals surface area (Å²) in [6, 6.07) is 8.44. The third kappa shape index (κ3) is 4.13. The Kier molecular flexibility index (Phi) is 5.57. The Morgan fingerprint density at radius 1 is 1.00 bits per heavy atom. The molecule has 0 aliphatic rings. The monoisotopic (exact) mass is 336 g/mol. The number of nitrogens with one attached hydrogen (secondary N) is 1. The minimum absolute atomic E-state index is 0.0194. The molecule has 0 atom stereocenters. The van der Waals surface area contributed by atoms with Crippen molar-refractivity contribution in [3.63, 3.8) is 0 Å². The standard InChI is InChI=1S/C17H15F3N2O2/c18-12-8-9-13(16(20)15(12)19)22-14(23)7-3-5-10-4-1-2-6-11(10)17(21)24/h1-2,4,6,8-9H,3,5,7H2,(H2,21,24)(H,22,23). The van der Waals surface area contributed by atoms with Crippen molar-refractivity contribution in [3.8, 4) is 0 Å². The summed E-state index contributed by atoms with van der Waals surface area (Å²) >= 11 is 0. The largest absolute Gasteiger partial charge is 0.366 e. The molecule has 2 amide bonds. The molecule has 2 aromatic rings. The number of carbonyl (C=O) groups excluding carboxylic acids is 2. The number of aryl methyl sites for hydroxylation is 1. The summed E-state index contributed by atoms with van der Waals surface area (Å²) in [4.78, 5) is 23.1. The van der Waals surface area contributed by atoms with Crippen LogP contribution in [0.4, 0.5) is 18.9 Å². The first-order valence-electron chi connectivity index (χ1n) is 7.21. The predicted octanol–water partition coefficient (Wildman–Crippen LogP) is 3.16. The Labute approximate surface area is 136 Å². The SMILES string of the molecule is NC(=O)c1ccccc1CCCC(=O)Nc1ccc(F)c(F)c1F. The lowest BCUT2D eigenvalue weighted by Gasteiger charge is -2.08. The first-order valence-corrected chi connectivity index (χ1v) is 7.21. The topological polar surface area (TPSA) is 72.2 Å². The predicted molar refractivity (Wildman–Crippen MR) is 82.8 cm³/mol. The summed E-state index contributed by atoms with van der Waals surface area (Å²) < 4.78 is 39.4. The first kappa shape index (κ1) is 17.5. The van der Waals surface area contributed by atoms with E-state index in [1.807, 2.05) is 0 Å². The molecule has 2 rings (SSSR count). The van der Waals surface area contributed by atoms with Gasteiger partial charge in [-0.3, -0.25) is 9.59 Å². The summed E-state index contributed by atoms with van der Waals surface area (Å²) in [6.45, 7) is 0. The van der Waals surface area contributed by atoms with Crippen molar-refractivity contribution in [1.82, 2.24) is 0 Å². The van der Waals surface area contributed by atoms with E-state index >= 15 is 0 Å². The molecular formula is C17H15F3N2O2. The highest BCUT2D eigenvalue weighted by Gasteiger charge is 2.15. The van der Waals surface area contributed by atoms with Crippen molar-refractivity contribution in [2.75, 3.05) is 5.32 Å². The molecule has 126 valence electrons. The molecule has 2 aromatic carbocycles. The Morgan fingerprint density at radius 2 is 1.71 bits per heavy atom. The van der Waals surface area contributed by atoms with Gasteiger partial charge in [-0.15, -0.1) is 0 Å². The van der Waals surface area contributed by atoms with E-state index in [1.165, 1.54) is 0 Å². The number of anilines is 1. The number of benzene rings is 2. The van der Waals surface area contributed by atoms with Crippen molar-refractivity contribution >= 4 is 17.5 Å². The molecule has 0 spiro atoms. The van der Waals surface area contributed by atoms with Gasteiger partial charge in [0.15, 0.2) is 17.5 Å². The van der Waals surface area contributed by atoms with E-state index in [2.05, 4.69) is 5.32 Å². The van der Waals surface area contributed by atoms with E-state index in [0.717, 1.165) is 12.1 Å². The Morgan fingerprint density at radius 3 is 2.42 bits per heavy atom. The number of halogens is 3. The number of amides is 2. The first-order chi connectivity index (χ1) is 11.4. The van der Waals surface area contributed by atoms with Gasteiger partial charge in [-0.2, -0.15) is 0 Å². The van der Waals surface area contributed by atoms with E-state index in [-0.39, 0.29) is 6.42 Å². The van der Waals surface area contributed by atoms with Crippen molar-refractivity contribution < 1.29 is 22.8 Å². The van der Waals surface area contributed by atoms with E-state index in [1.54, 1.807) is 24.3 Å². The van der Waals surface area contributed by atoms with E-state index in [9.17, 15) is 22.8 Å². The fraction of sp³-hybridized carbons (Fsp3) is 0.176. The molecule has 0 saturated heterocycles.